The highest BCUT2D eigenvalue weighted by atomic mass is 15.2. The fourth-order valence-electron chi connectivity index (χ4n) is 3.32. The smallest absolute Gasteiger partial charge is 0.0312 e. The minimum Gasteiger partial charge on any atom is -0.302 e. The Hall–Kier alpha value is -0.930. The van der Waals surface area contributed by atoms with Gasteiger partial charge >= 0.3 is 0 Å². The summed E-state index contributed by atoms with van der Waals surface area (Å²) >= 11 is 0. The number of hydrogen-bond donors (Lipinski definition) is 0. The minimum absolute atomic E-state index is 0.758. The first-order valence-electron chi connectivity index (χ1n) is 8.00. The molecule has 1 aliphatic heterocycles. The molecule has 1 saturated heterocycles. The van der Waals surface area contributed by atoms with Gasteiger partial charge in [0, 0.05) is 38.1 Å². The topological polar surface area (TPSA) is 19.4 Å². The van der Waals surface area contributed by atoms with Gasteiger partial charge in [-0.3, -0.25) is 4.98 Å². The molecule has 0 spiro atoms. The third-order valence-corrected chi connectivity index (χ3v) is 4.39. The first-order valence-corrected chi connectivity index (χ1v) is 8.00. The second kappa shape index (κ2) is 7.75. The van der Waals surface area contributed by atoms with Crippen LogP contribution in [-0.4, -0.2) is 47.5 Å². The van der Waals surface area contributed by atoms with Crippen LogP contribution in [0.2, 0.25) is 0 Å². The average molecular weight is 275 g/mol. The van der Waals surface area contributed by atoms with Crippen molar-refractivity contribution in [2.24, 2.45) is 5.92 Å². The lowest BCUT2D eigenvalue weighted by Crippen LogP contribution is -2.33. The monoisotopic (exact) mass is 275 g/mol. The normalized spacial score (nSPS) is 21.5. The summed E-state index contributed by atoms with van der Waals surface area (Å²) in [7, 11) is 2.23. The molecule has 0 bridgehead atoms. The predicted molar refractivity (Wildman–Crippen MR) is 84.6 cm³/mol. The molecule has 1 fully saturated rings. The quantitative estimate of drug-likeness (QED) is 0.762. The van der Waals surface area contributed by atoms with Crippen LogP contribution in [0, 0.1) is 5.92 Å². The van der Waals surface area contributed by atoms with Gasteiger partial charge in [0.2, 0.25) is 0 Å². The van der Waals surface area contributed by atoms with Crippen molar-refractivity contribution in [1.29, 1.82) is 0 Å². The lowest BCUT2D eigenvalue weighted by molar-refractivity contribution is 0.218. The Balaban J connectivity index is 1.74. The molecule has 0 radical (unpaired) electrons. The molecule has 0 amide bonds. The highest BCUT2D eigenvalue weighted by molar-refractivity contribution is 5.07. The molecule has 0 aromatic carbocycles. The molecule has 2 heterocycles. The van der Waals surface area contributed by atoms with Crippen LogP contribution in [0.15, 0.2) is 24.5 Å². The largest absolute Gasteiger partial charge is 0.302 e. The van der Waals surface area contributed by atoms with Crippen molar-refractivity contribution in [3.05, 3.63) is 30.1 Å². The van der Waals surface area contributed by atoms with Gasteiger partial charge in [-0.25, -0.2) is 0 Å². The number of hydrogen-bond acceptors (Lipinski definition) is 3. The Morgan fingerprint density at radius 2 is 2.35 bits per heavy atom. The lowest BCUT2D eigenvalue weighted by Gasteiger charge is -2.25. The molecule has 0 N–H and O–H groups in total. The van der Waals surface area contributed by atoms with Crippen molar-refractivity contribution in [2.45, 2.75) is 45.7 Å². The molecule has 1 aromatic heterocycles. The Bertz CT molecular complexity index is 379. The van der Waals surface area contributed by atoms with Gasteiger partial charge in [0.05, 0.1) is 0 Å². The van der Waals surface area contributed by atoms with Gasteiger partial charge in [0.1, 0.15) is 0 Å². The third kappa shape index (κ3) is 4.57. The SMILES string of the molecule is CCC[C@@H](C)N1CC[C@@H](CN(C)Cc2cccnc2)C1. The number of nitrogens with zero attached hydrogens (tertiary/aromatic N) is 3. The van der Waals surface area contributed by atoms with Crippen molar-refractivity contribution in [1.82, 2.24) is 14.8 Å². The summed E-state index contributed by atoms with van der Waals surface area (Å²) in [5, 5.41) is 0. The molecular formula is C17H29N3. The zero-order chi connectivity index (χ0) is 14.4. The molecule has 2 atom stereocenters. The van der Waals surface area contributed by atoms with E-state index in [0.29, 0.717) is 0 Å². The number of pyridine rings is 1. The highest BCUT2D eigenvalue weighted by Gasteiger charge is 2.26. The van der Waals surface area contributed by atoms with E-state index < -0.39 is 0 Å². The molecule has 112 valence electrons. The molecule has 1 aliphatic rings. The molecular weight excluding hydrogens is 246 g/mol. The molecule has 0 unspecified atom stereocenters. The van der Waals surface area contributed by atoms with Crippen molar-refractivity contribution in [2.75, 3.05) is 26.7 Å². The third-order valence-electron chi connectivity index (χ3n) is 4.39. The van der Waals surface area contributed by atoms with E-state index in [4.69, 9.17) is 0 Å². The van der Waals surface area contributed by atoms with Gasteiger partial charge < -0.3 is 9.80 Å². The van der Waals surface area contributed by atoms with E-state index in [2.05, 4.69) is 41.7 Å². The second-order valence-corrected chi connectivity index (χ2v) is 6.35. The van der Waals surface area contributed by atoms with E-state index in [9.17, 15) is 0 Å². The molecule has 1 aromatic rings. The van der Waals surface area contributed by atoms with Gasteiger partial charge in [-0.15, -0.1) is 0 Å². The molecule has 3 nitrogen and oxygen atoms in total. The molecule has 3 heteroatoms. The van der Waals surface area contributed by atoms with Crippen molar-refractivity contribution in [3.63, 3.8) is 0 Å². The summed E-state index contributed by atoms with van der Waals surface area (Å²) in [5.74, 6) is 0.830. The predicted octanol–water partition coefficient (Wildman–Crippen LogP) is 3.02. The van der Waals surface area contributed by atoms with Gasteiger partial charge in [-0.05, 0) is 50.9 Å². The minimum atomic E-state index is 0.758. The van der Waals surface area contributed by atoms with Crippen LogP contribution in [0.5, 0.6) is 0 Å². The molecule has 0 aliphatic carbocycles. The molecule has 0 saturated carbocycles. The summed E-state index contributed by atoms with van der Waals surface area (Å²) in [6.07, 6.45) is 7.79. The van der Waals surface area contributed by atoms with Crippen molar-refractivity contribution in [3.8, 4) is 0 Å². The zero-order valence-electron chi connectivity index (χ0n) is 13.3. The maximum absolute atomic E-state index is 4.19. The first kappa shape index (κ1) is 15.5. The van der Waals surface area contributed by atoms with Gasteiger partial charge in [0.15, 0.2) is 0 Å². The van der Waals surface area contributed by atoms with Crippen LogP contribution in [0.4, 0.5) is 0 Å². The number of rotatable bonds is 7. The van der Waals surface area contributed by atoms with Crippen LogP contribution < -0.4 is 0 Å². The maximum Gasteiger partial charge on any atom is 0.0312 e. The van der Waals surface area contributed by atoms with Crippen molar-refractivity contribution >= 4 is 0 Å². The molecule has 20 heavy (non-hydrogen) atoms. The van der Waals surface area contributed by atoms with Crippen LogP contribution >= 0.6 is 0 Å². The van der Waals surface area contributed by atoms with E-state index in [1.165, 1.54) is 44.5 Å². The first-order chi connectivity index (χ1) is 9.69. The summed E-state index contributed by atoms with van der Waals surface area (Å²) in [6, 6.07) is 4.94. The fourth-order valence-corrected chi connectivity index (χ4v) is 3.32. The van der Waals surface area contributed by atoms with E-state index in [-0.39, 0.29) is 0 Å². The number of likely N-dealkylation sites (tertiary alicyclic amines) is 1. The van der Waals surface area contributed by atoms with Crippen LogP contribution in [0.3, 0.4) is 0 Å². The Labute approximate surface area is 124 Å². The summed E-state index contributed by atoms with van der Waals surface area (Å²) < 4.78 is 0. The Kier molecular flexibility index (Phi) is 5.99. The maximum atomic E-state index is 4.19. The van der Waals surface area contributed by atoms with E-state index in [0.717, 1.165) is 18.5 Å². The zero-order valence-corrected chi connectivity index (χ0v) is 13.3. The number of aromatic nitrogens is 1. The van der Waals surface area contributed by atoms with Gasteiger partial charge in [-0.1, -0.05) is 19.4 Å². The summed E-state index contributed by atoms with van der Waals surface area (Å²) in [6.45, 7) is 9.43. The van der Waals surface area contributed by atoms with Gasteiger partial charge in [-0.2, -0.15) is 0 Å². The van der Waals surface area contributed by atoms with Crippen molar-refractivity contribution < 1.29 is 0 Å². The average Bonchev–Trinajstić information content (AvgIpc) is 2.88. The standard InChI is InChI=1S/C17H29N3/c1-4-6-15(2)20-10-8-17(14-20)13-19(3)12-16-7-5-9-18-11-16/h5,7,9,11,15,17H,4,6,8,10,12-14H2,1-3H3/t15-,17+/m1/s1. The van der Waals surface area contributed by atoms with Crippen LogP contribution in [-0.2, 0) is 6.54 Å². The Morgan fingerprint density at radius 1 is 1.50 bits per heavy atom. The second-order valence-electron chi connectivity index (χ2n) is 6.35. The van der Waals surface area contributed by atoms with Crippen LogP contribution in [0.1, 0.15) is 38.7 Å². The Morgan fingerprint density at radius 3 is 3.05 bits per heavy atom. The van der Waals surface area contributed by atoms with Gasteiger partial charge in [0.25, 0.3) is 0 Å². The van der Waals surface area contributed by atoms with E-state index in [1.807, 2.05) is 18.5 Å². The van der Waals surface area contributed by atoms with E-state index in [1.54, 1.807) is 0 Å². The lowest BCUT2D eigenvalue weighted by atomic mass is 10.1. The van der Waals surface area contributed by atoms with Crippen LogP contribution in [0.25, 0.3) is 0 Å². The highest BCUT2D eigenvalue weighted by Crippen LogP contribution is 2.21. The molecule has 2 rings (SSSR count). The fraction of sp³-hybridized carbons (Fsp3) is 0.706. The van der Waals surface area contributed by atoms with E-state index >= 15 is 0 Å². The summed E-state index contributed by atoms with van der Waals surface area (Å²) in [5.41, 5.74) is 1.31. The summed E-state index contributed by atoms with van der Waals surface area (Å²) in [4.78, 5) is 9.30.